The van der Waals surface area contributed by atoms with Crippen LogP contribution in [-0.2, 0) is 0 Å². The zero-order valence-corrected chi connectivity index (χ0v) is 12.2. The molecule has 0 spiro atoms. The molecule has 19 heavy (non-hydrogen) atoms. The second-order valence-corrected chi connectivity index (χ2v) is 6.44. The van der Waals surface area contributed by atoms with Gasteiger partial charge in [0.05, 0.1) is 0 Å². The van der Waals surface area contributed by atoms with E-state index in [2.05, 4.69) is 54.4 Å². The van der Waals surface area contributed by atoms with E-state index >= 15 is 0 Å². The summed E-state index contributed by atoms with van der Waals surface area (Å²) >= 11 is 0. The average molecular weight is 258 g/mol. The van der Waals surface area contributed by atoms with Crippen molar-refractivity contribution in [2.75, 3.05) is 13.1 Å². The summed E-state index contributed by atoms with van der Waals surface area (Å²) in [7, 11) is 0. The Morgan fingerprint density at radius 1 is 1.26 bits per heavy atom. The van der Waals surface area contributed by atoms with E-state index < -0.39 is 0 Å². The summed E-state index contributed by atoms with van der Waals surface area (Å²) in [5.74, 6) is 0. The van der Waals surface area contributed by atoms with Gasteiger partial charge in [-0.15, -0.1) is 0 Å². The summed E-state index contributed by atoms with van der Waals surface area (Å²) in [6, 6.07) is 12.2. The lowest BCUT2D eigenvalue weighted by molar-refractivity contribution is -0.0300. The molecule has 0 radical (unpaired) electrons. The first-order chi connectivity index (χ1) is 9.23. The highest BCUT2D eigenvalue weighted by atomic mass is 15.3. The smallest absolute Gasteiger partial charge is 0.0478 e. The molecule has 2 aliphatic rings. The highest BCUT2D eigenvalue weighted by Crippen LogP contribution is 2.42. The van der Waals surface area contributed by atoms with Crippen molar-refractivity contribution in [3.63, 3.8) is 0 Å². The van der Waals surface area contributed by atoms with Gasteiger partial charge in [0, 0.05) is 30.7 Å². The Morgan fingerprint density at radius 2 is 2.00 bits per heavy atom. The number of benzene rings is 1. The topological polar surface area (TPSA) is 15.3 Å². The summed E-state index contributed by atoms with van der Waals surface area (Å²) in [5, 5.41) is 3.73. The van der Waals surface area contributed by atoms with Gasteiger partial charge in [0.15, 0.2) is 0 Å². The van der Waals surface area contributed by atoms with E-state index in [0.717, 1.165) is 6.54 Å². The van der Waals surface area contributed by atoms with Crippen molar-refractivity contribution in [3.8, 4) is 0 Å². The van der Waals surface area contributed by atoms with E-state index in [1.54, 1.807) is 0 Å². The van der Waals surface area contributed by atoms with Crippen molar-refractivity contribution >= 4 is 0 Å². The minimum atomic E-state index is 0.441. The van der Waals surface area contributed by atoms with Gasteiger partial charge in [-0.25, -0.2) is 0 Å². The fourth-order valence-electron chi connectivity index (χ4n) is 3.64. The van der Waals surface area contributed by atoms with Crippen LogP contribution < -0.4 is 5.32 Å². The van der Waals surface area contributed by atoms with Crippen LogP contribution in [0.5, 0.6) is 0 Å². The van der Waals surface area contributed by atoms with Gasteiger partial charge < -0.3 is 5.32 Å². The van der Waals surface area contributed by atoms with Gasteiger partial charge in [0.25, 0.3) is 0 Å². The summed E-state index contributed by atoms with van der Waals surface area (Å²) in [5.41, 5.74) is 1.91. The lowest BCUT2D eigenvalue weighted by Crippen LogP contribution is -2.62. The van der Waals surface area contributed by atoms with Crippen molar-refractivity contribution < 1.29 is 0 Å². The third-order valence-electron chi connectivity index (χ3n) is 5.19. The summed E-state index contributed by atoms with van der Waals surface area (Å²) in [6.07, 6.45) is 5.37. The van der Waals surface area contributed by atoms with Crippen LogP contribution in [0.2, 0.25) is 0 Å². The standard InChI is InChI=1S/C17H26N2/c1-3-15-13-19(17(2)10-7-11-17)16(12-18-15)14-8-5-4-6-9-14/h4-6,8-9,15-16,18H,3,7,10-13H2,1-2H3. The zero-order chi connectivity index (χ0) is 13.3. The molecule has 1 aromatic carbocycles. The van der Waals surface area contributed by atoms with Crippen molar-refractivity contribution in [1.82, 2.24) is 10.2 Å². The van der Waals surface area contributed by atoms with E-state index in [4.69, 9.17) is 0 Å². The van der Waals surface area contributed by atoms with Crippen molar-refractivity contribution in [2.24, 2.45) is 0 Å². The Morgan fingerprint density at radius 3 is 2.58 bits per heavy atom. The second kappa shape index (κ2) is 5.26. The summed E-state index contributed by atoms with van der Waals surface area (Å²) in [6.45, 7) is 7.05. The minimum absolute atomic E-state index is 0.441. The molecule has 1 N–H and O–H groups in total. The predicted molar refractivity (Wildman–Crippen MR) is 80.2 cm³/mol. The molecule has 1 saturated carbocycles. The molecule has 1 saturated heterocycles. The quantitative estimate of drug-likeness (QED) is 0.894. The molecular formula is C17H26N2. The molecule has 0 amide bonds. The van der Waals surface area contributed by atoms with Gasteiger partial charge in [0.1, 0.15) is 0 Å². The van der Waals surface area contributed by atoms with E-state index in [0.29, 0.717) is 17.6 Å². The molecule has 3 rings (SSSR count). The lowest BCUT2D eigenvalue weighted by atomic mass is 9.75. The third-order valence-corrected chi connectivity index (χ3v) is 5.19. The number of nitrogens with zero attached hydrogens (tertiary/aromatic N) is 1. The summed E-state index contributed by atoms with van der Waals surface area (Å²) < 4.78 is 0. The molecule has 1 aliphatic heterocycles. The average Bonchev–Trinajstić information content (AvgIpc) is 2.45. The van der Waals surface area contributed by atoms with Crippen LogP contribution >= 0.6 is 0 Å². The normalized spacial score (nSPS) is 30.8. The molecular weight excluding hydrogens is 232 g/mol. The molecule has 2 nitrogen and oxygen atoms in total. The lowest BCUT2D eigenvalue weighted by Gasteiger charge is -2.55. The molecule has 2 fully saturated rings. The molecule has 2 atom stereocenters. The molecule has 2 unspecified atom stereocenters. The maximum Gasteiger partial charge on any atom is 0.0478 e. The largest absolute Gasteiger partial charge is 0.311 e. The van der Waals surface area contributed by atoms with Gasteiger partial charge in [-0.3, -0.25) is 4.90 Å². The number of hydrogen-bond acceptors (Lipinski definition) is 2. The first-order valence-corrected chi connectivity index (χ1v) is 7.78. The SMILES string of the molecule is CCC1CN(C2(C)CCC2)C(c2ccccc2)CN1. The van der Waals surface area contributed by atoms with Gasteiger partial charge in [0.2, 0.25) is 0 Å². The Hall–Kier alpha value is -0.860. The van der Waals surface area contributed by atoms with Crippen molar-refractivity contribution in [2.45, 2.75) is 57.2 Å². The van der Waals surface area contributed by atoms with Crippen LogP contribution in [0.3, 0.4) is 0 Å². The summed E-state index contributed by atoms with van der Waals surface area (Å²) in [4.78, 5) is 2.79. The van der Waals surface area contributed by atoms with Crippen LogP contribution in [-0.4, -0.2) is 29.6 Å². The Balaban J connectivity index is 1.85. The highest BCUT2D eigenvalue weighted by Gasteiger charge is 2.43. The first kappa shape index (κ1) is 13.1. The molecule has 0 aromatic heterocycles. The van der Waals surface area contributed by atoms with Gasteiger partial charge in [-0.2, -0.15) is 0 Å². The van der Waals surface area contributed by atoms with E-state index in [-0.39, 0.29) is 0 Å². The number of hydrogen-bond donors (Lipinski definition) is 1. The molecule has 2 heteroatoms. The van der Waals surface area contributed by atoms with E-state index in [1.165, 1.54) is 37.8 Å². The van der Waals surface area contributed by atoms with Gasteiger partial charge in [-0.05, 0) is 38.2 Å². The van der Waals surface area contributed by atoms with Crippen LogP contribution in [0.25, 0.3) is 0 Å². The van der Waals surface area contributed by atoms with Crippen LogP contribution in [0.1, 0.15) is 51.1 Å². The molecule has 104 valence electrons. The molecule has 0 bridgehead atoms. The van der Waals surface area contributed by atoms with Crippen LogP contribution in [0, 0.1) is 0 Å². The monoisotopic (exact) mass is 258 g/mol. The minimum Gasteiger partial charge on any atom is -0.311 e. The fraction of sp³-hybridized carbons (Fsp3) is 0.647. The van der Waals surface area contributed by atoms with Crippen LogP contribution in [0.4, 0.5) is 0 Å². The number of rotatable bonds is 3. The zero-order valence-electron chi connectivity index (χ0n) is 12.2. The Labute approximate surface area is 117 Å². The van der Waals surface area contributed by atoms with Crippen LogP contribution in [0.15, 0.2) is 30.3 Å². The van der Waals surface area contributed by atoms with E-state index in [9.17, 15) is 0 Å². The number of nitrogens with one attached hydrogen (secondary N) is 1. The second-order valence-electron chi connectivity index (χ2n) is 6.44. The van der Waals surface area contributed by atoms with Gasteiger partial charge >= 0.3 is 0 Å². The number of piperazine rings is 1. The highest BCUT2D eigenvalue weighted by molar-refractivity contribution is 5.21. The third kappa shape index (κ3) is 2.44. The Kier molecular flexibility index (Phi) is 3.64. The first-order valence-electron chi connectivity index (χ1n) is 7.78. The molecule has 1 heterocycles. The van der Waals surface area contributed by atoms with Crippen molar-refractivity contribution in [3.05, 3.63) is 35.9 Å². The van der Waals surface area contributed by atoms with Crippen molar-refractivity contribution in [1.29, 1.82) is 0 Å². The van der Waals surface area contributed by atoms with E-state index in [1.807, 2.05) is 0 Å². The molecule has 1 aromatic rings. The maximum atomic E-state index is 3.73. The van der Waals surface area contributed by atoms with Gasteiger partial charge in [-0.1, -0.05) is 37.3 Å². The fourth-order valence-corrected chi connectivity index (χ4v) is 3.64. The maximum absolute atomic E-state index is 3.73. The molecule has 1 aliphatic carbocycles. The Bertz CT molecular complexity index is 411. The predicted octanol–water partition coefficient (Wildman–Crippen LogP) is 3.35.